The first kappa shape index (κ1) is 25.4. The van der Waals surface area contributed by atoms with Crippen LogP contribution in [0.25, 0.3) is 5.57 Å². The summed E-state index contributed by atoms with van der Waals surface area (Å²) in [6.07, 6.45) is 14.9. The Morgan fingerprint density at radius 1 is 1.16 bits per heavy atom. The number of nitrogens with one attached hydrogen (secondary N) is 1. The molecule has 1 aromatic carbocycles. The fourth-order valence-electron chi connectivity index (χ4n) is 3.69. The molecule has 4 nitrogen and oxygen atoms in total. The van der Waals surface area contributed by atoms with E-state index in [-0.39, 0.29) is 11.9 Å². The van der Waals surface area contributed by atoms with Gasteiger partial charge in [-0.1, -0.05) is 50.1 Å². The molecule has 0 spiro atoms. The number of aromatic nitrogens is 1. The zero-order valence-corrected chi connectivity index (χ0v) is 20.1. The number of carbonyl (C=O) groups is 1. The van der Waals surface area contributed by atoms with Crippen LogP contribution in [0.5, 0.6) is 5.75 Å². The van der Waals surface area contributed by atoms with Crippen LogP contribution in [0.2, 0.25) is 0 Å². The summed E-state index contributed by atoms with van der Waals surface area (Å²) < 4.78 is 5.27. The Bertz CT molecular complexity index is 885. The van der Waals surface area contributed by atoms with Crippen molar-refractivity contribution < 1.29 is 9.53 Å². The number of nitrogens with zero attached hydrogens (tertiary/aromatic N) is 1. The number of unbranched alkanes of at least 4 members (excludes halogenated alkanes) is 2. The van der Waals surface area contributed by atoms with E-state index >= 15 is 0 Å². The van der Waals surface area contributed by atoms with Gasteiger partial charge in [0, 0.05) is 24.0 Å². The van der Waals surface area contributed by atoms with E-state index in [9.17, 15) is 4.79 Å². The topological polar surface area (TPSA) is 51.2 Å². The Balaban J connectivity index is 1.87. The molecule has 1 N–H and O–H groups in total. The largest absolute Gasteiger partial charge is 0.497 e. The molecule has 0 unspecified atom stereocenters. The number of aryl methyl sites for hydroxylation is 2. The fraction of sp³-hybridized carbons (Fsp3) is 0.429. The second-order valence-corrected chi connectivity index (χ2v) is 8.29. The summed E-state index contributed by atoms with van der Waals surface area (Å²) in [4.78, 5) is 16.7. The molecule has 172 valence electrons. The molecule has 0 radical (unpaired) electrons. The smallest absolute Gasteiger partial charge is 0.244 e. The maximum atomic E-state index is 12.3. The van der Waals surface area contributed by atoms with Gasteiger partial charge in [0.2, 0.25) is 5.91 Å². The maximum absolute atomic E-state index is 12.3. The highest BCUT2D eigenvalue weighted by atomic mass is 16.5. The molecule has 0 aliphatic heterocycles. The standard InChI is InChI=1S/C28H38N2O2/c1-5-6-7-12-25(26-17-19-27(32-4)20-18-26)14-9-16-28(31)30-22(2)11-8-13-24-15-10-21-29-23(24)3/h9-10,14-22H,5-8,11-13H2,1-4H3,(H,30,31)/t22-/m1/s1. The SMILES string of the molecule is CCCCCC(=CC=CC(=O)N[C@H](C)CCCc1cccnc1C)c1ccc(OC)cc1. The van der Waals surface area contributed by atoms with E-state index in [4.69, 9.17) is 4.74 Å². The molecule has 4 heteroatoms. The summed E-state index contributed by atoms with van der Waals surface area (Å²) in [5.74, 6) is 0.804. The molecular weight excluding hydrogens is 396 g/mol. The molecule has 0 fully saturated rings. The van der Waals surface area contributed by atoms with Gasteiger partial charge in [0.25, 0.3) is 0 Å². The van der Waals surface area contributed by atoms with Crippen molar-refractivity contribution in [3.05, 3.63) is 77.6 Å². The van der Waals surface area contributed by atoms with Crippen molar-refractivity contribution in [3.8, 4) is 5.75 Å². The third-order valence-electron chi connectivity index (χ3n) is 5.64. The Hall–Kier alpha value is -2.88. The molecule has 0 saturated heterocycles. The van der Waals surface area contributed by atoms with Crippen LogP contribution in [0, 0.1) is 6.92 Å². The van der Waals surface area contributed by atoms with Crippen molar-refractivity contribution in [2.24, 2.45) is 0 Å². The average molecular weight is 435 g/mol. The lowest BCUT2D eigenvalue weighted by Crippen LogP contribution is -2.31. The van der Waals surface area contributed by atoms with Crippen molar-refractivity contribution in [2.45, 2.75) is 71.8 Å². The van der Waals surface area contributed by atoms with Crippen LogP contribution < -0.4 is 10.1 Å². The quantitative estimate of drug-likeness (QED) is 0.224. The monoisotopic (exact) mass is 434 g/mol. The normalized spacial score (nSPS) is 12.7. The molecule has 0 aliphatic carbocycles. The second kappa shape index (κ2) is 14.2. The first-order valence-electron chi connectivity index (χ1n) is 11.8. The van der Waals surface area contributed by atoms with Gasteiger partial charge in [0.1, 0.15) is 5.75 Å². The minimum Gasteiger partial charge on any atom is -0.497 e. The van der Waals surface area contributed by atoms with E-state index in [0.29, 0.717) is 0 Å². The molecule has 1 amide bonds. The van der Waals surface area contributed by atoms with Crippen LogP contribution in [-0.2, 0) is 11.2 Å². The molecule has 32 heavy (non-hydrogen) atoms. The summed E-state index contributed by atoms with van der Waals surface area (Å²) >= 11 is 0. The number of methoxy groups -OCH3 is 1. The highest BCUT2D eigenvalue weighted by Gasteiger charge is 2.06. The molecule has 1 atom stereocenters. The van der Waals surface area contributed by atoms with E-state index in [1.165, 1.54) is 29.5 Å². The maximum Gasteiger partial charge on any atom is 0.244 e. The lowest BCUT2D eigenvalue weighted by atomic mass is 9.99. The zero-order valence-electron chi connectivity index (χ0n) is 20.1. The first-order chi connectivity index (χ1) is 15.5. The Labute approximate surface area is 193 Å². The minimum atomic E-state index is -0.0473. The first-order valence-corrected chi connectivity index (χ1v) is 11.8. The van der Waals surface area contributed by atoms with Crippen LogP contribution in [0.1, 0.15) is 69.2 Å². The average Bonchev–Trinajstić information content (AvgIpc) is 2.79. The van der Waals surface area contributed by atoms with Gasteiger partial charge in [0.05, 0.1) is 7.11 Å². The van der Waals surface area contributed by atoms with Crippen molar-refractivity contribution in [3.63, 3.8) is 0 Å². The van der Waals surface area contributed by atoms with Gasteiger partial charge in [-0.25, -0.2) is 0 Å². The van der Waals surface area contributed by atoms with Crippen molar-refractivity contribution in [2.75, 3.05) is 7.11 Å². The Morgan fingerprint density at radius 2 is 1.94 bits per heavy atom. The number of carbonyl (C=O) groups excluding carboxylic acids is 1. The van der Waals surface area contributed by atoms with Gasteiger partial charge < -0.3 is 10.1 Å². The van der Waals surface area contributed by atoms with Crippen LogP contribution in [0.15, 0.2) is 60.8 Å². The lowest BCUT2D eigenvalue weighted by molar-refractivity contribution is -0.117. The third-order valence-corrected chi connectivity index (χ3v) is 5.64. The molecule has 2 aromatic rings. The summed E-state index contributed by atoms with van der Waals surface area (Å²) in [6.45, 7) is 6.31. The number of hydrogen-bond donors (Lipinski definition) is 1. The van der Waals surface area contributed by atoms with Crippen molar-refractivity contribution >= 4 is 11.5 Å². The summed E-state index contributed by atoms with van der Waals surface area (Å²) in [5.41, 5.74) is 4.78. The van der Waals surface area contributed by atoms with Gasteiger partial charge in [0.15, 0.2) is 0 Å². The Morgan fingerprint density at radius 3 is 2.62 bits per heavy atom. The molecule has 2 rings (SSSR count). The molecule has 0 saturated carbocycles. The predicted molar refractivity (Wildman–Crippen MR) is 134 cm³/mol. The minimum absolute atomic E-state index is 0.0473. The highest BCUT2D eigenvalue weighted by molar-refractivity contribution is 5.88. The van der Waals surface area contributed by atoms with Crippen LogP contribution >= 0.6 is 0 Å². The number of hydrogen-bond acceptors (Lipinski definition) is 3. The molecule has 1 aromatic heterocycles. The fourth-order valence-corrected chi connectivity index (χ4v) is 3.69. The van der Waals surface area contributed by atoms with E-state index < -0.39 is 0 Å². The molecule has 1 heterocycles. The summed E-state index contributed by atoms with van der Waals surface area (Å²) in [5, 5.41) is 3.07. The number of pyridine rings is 1. The Kier molecular flexibility index (Phi) is 11.3. The number of amides is 1. The van der Waals surface area contributed by atoms with Gasteiger partial charge in [-0.05, 0) is 80.9 Å². The summed E-state index contributed by atoms with van der Waals surface area (Å²) in [6, 6.07) is 12.4. The number of benzene rings is 1. The highest BCUT2D eigenvalue weighted by Crippen LogP contribution is 2.23. The van der Waals surface area contributed by atoms with Crippen molar-refractivity contribution in [1.82, 2.24) is 10.3 Å². The van der Waals surface area contributed by atoms with E-state index in [0.717, 1.165) is 43.5 Å². The van der Waals surface area contributed by atoms with Gasteiger partial charge in [-0.2, -0.15) is 0 Å². The van der Waals surface area contributed by atoms with Crippen LogP contribution in [0.3, 0.4) is 0 Å². The zero-order chi connectivity index (χ0) is 23.2. The van der Waals surface area contributed by atoms with E-state index in [1.54, 1.807) is 13.2 Å². The third kappa shape index (κ3) is 9.09. The molecule has 0 aliphatic rings. The molecule has 0 bridgehead atoms. The van der Waals surface area contributed by atoms with Crippen molar-refractivity contribution in [1.29, 1.82) is 0 Å². The second-order valence-electron chi connectivity index (χ2n) is 8.29. The van der Waals surface area contributed by atoms with Gasteiger partial charge in [-0.15, -0.1) is 0 Å². The van der Waals surface area contributed by atoms with Crippen LogP contribution in [0.4, 0.5) is 0 Å². The number of ether oxygens (including phenoxy) is 1. The van der Waals surface area contributed by atoms with Crippen LogP contribution in [-0.4, -0.2) is 24.0 Å². The van der Waals surface area contributed by atoms with E-state index in [2.05, 4.69) is 48.4 Å². The number of allylic oxidation sites excluding steroid dienone is 3. The lowest BCUT2D eigenvalue weighted by Gasteiger charge is -2.12. The van der Waals surface area contributed by atoms with Gasteiger partial charge in [-0.3, -0.25) is 9.78 Å². The van der Waals surface area contributed by atoms with Gasteiger partial charge >= 0.3 is 0 Å². The van der Waals surface area contributed by atoms with E-state index in [1.807, 2.05) is 37.4 Å². The predicted octanol–water partition coefficient (Wildman–Crippen LogP) is 6.45. The molecular formula is C28H38N2O2. The summed E-state index contributed by atoms with van der Waals surface area (Å²) in [7, 11) is 1.68. The number of rotatable bonds is 13.